The van der Waals surface area contributed by atoms with E-state index in [0.29, 0.717) is 11.4 Å². The van der Waals surface area contributed by atoms with Gasteiger partial charge in [0.2, 0.25) is 5.91 Å². The molecule has 0 aliphatic carbocycles. The van der Waals surface area contributed by atoms with Crippen LogP contribution in [0.2, 0.25) is 5.02 Å². The van der Waals surface area contributed by atoms with E-state index < -0.39 is 0 Å². The smallest absolute Gasteiger partial charge is 0.220 e. The third kappa shape index (κ3) is 4.48. The van der Waals surface area contributed by atoms with E-state index in [2.05, 4.69) is 27.3 Å². The average molecular weight is 344 g/mol. The Hall–Kier alpha value is -2.07. The number of anilines is 1. The van der Waals surface area contributed by atoms with E-state index in [9.17, 15) is 4.79 Å². The van der Waals surface area contributed by atoms with Crippen molar-refractivity contribution in [1.29, 1.82) is 0 Å². The van der Waals surface area contributed by atoms with Gasteiger partial charge in [0.1, 0.15) is 0 Å². The molecule has 1 fully saturated rings. The van der Waals surface area contributed by atoms with Gasteiger partial charge in [-0.1, -0.05) is 41.9 Å². The van der Waals surface area contributed by atoms with E-state index in [1.807, 2.05) is 24.3 Å². The maximum Gasteiger partial charge on any atom is 0.220 e. The molecule has 1 aromatic heterocycles. The predicted octanol–water partition coefficient (Wildman–Crippen LogP) is 3.45. The largest absolute Gasteiger partial charge is 0.370 e. The number of aryl methyl sites for hydroxylation is 1. The van der Waals surface area contributed by atoms with Crippen LogP contribution in [-0.4, -0.2) is 30.0 Å². The number of hydrogen-bond acceptors (Lipinski definition) is 3. The van der Waals surface area contributed by atoms with Gasteiger partial charge in [0, 0.05) is 37.9 Å². The highest BCUT2D eigenvalue weighted by molar-refractivity contribution is 6.33. The van der Waals surface area contributed by atoms with Gasteiger partial charge in [0.15, 0.2) is 0 Å². The van der Waals surface area contributed by atoms with Crippen LogP contribution >= 0.6 is 11.6 Å². The van der Waals surface area contributed by atoms with Crippen molar-refractivity contribution < 1.29 is 4.79 Å². The summed E-state index contributed by atoms with van der Waals surface area (Å²) in [5.41, 5.74) is 2.23. The maximum absolute atomic E-state index is 12.1. The van der Waals surface area contributed by atoms with Gasteiger partial charge in [-0.25, -0.2) is 0 Å². The molecule has 0 spiro atoms. The summed E-state index contributed by atoms with van der Waals surface area (Å²) in [7, 11) is 0. The lowest BCUT2D eigenvalue weighted by Gasteiger charge is -2.34. The van der Waals surface area contributed by atoms with Crippen LogP contribution in [-0.2, 0) is 11.2 Å². The van der Waals surface area contributed by atoms with Crippen molar-refractivity contribution in [2.24, 2.45) is 0 Å². The zero-order valence-corrected chi connectivity index (χ0v) is 14.4. The molecule has 126 valence electrons. The predicted molar refractivity (Wildman–Crippen MR) is 97.4 cm³/mol. The summed E-state index contributed by atoms with van der Waals surface area (Å²) in [6.45, 7) is 1.79. The molecule has 1 aliphatic heterocycles. The van der Waals surface area contributed by atoms with Crippen LogP contribution in [0.15, 0.2) is 48.8 Å². The highest BCUT2D eigenvalue weighted by Gasteiger charge is 2.21. The summed E-state index contributed by atoms with van der Waals surface area (Å²) >= 11 is 6.20. The Labute approximate surface area is 147 Å². The molecule has 0 bridgehead atoms. The summed E-state index contributed by atoms with van der Waals surface area (Å²) in [4.78, 5) is 18.4. The third-order valence-corrected chi connectivity index (χ3v) is 4.73. The molecule has 1 aliphatic rings. The molecule has 4 nitrogen and oxygen atoms in total. The van der Waals surface area contributed by atoms with Gasteiger partial charge < -0.3 is 10.2 Å². The van der Waals surface area contributed by atoms with Crippen LogP contribution in [0, 0.1) is 0 Å². The SMILES string of the molecule is O=C(CCc1ccccc1)NC1CCN(c2ccncc2Cl)CC1. The average Bonchev–Trinajstić information content (AvgIpc) is 2.62. The number of aromatic nitrogens is 1. The first-order chi connectivity index (χ1) is 11.7. The van der Waals surface area contributed by atoms with Crippen LogP contribution in [0.4, 0.5) is 5.69 Å². The lowest BCUT2D eigenvalue weighted by Crippen LogP contribution is -2.44. The summed E-state index contributed by atoms with van der Waals surface area (Å²) in [6.07, 6.45) is 6.65. The van der Waals surface area contributed by atoms with E-state index >= 15 is 0 Å². The molecule has 2 aromatic rings. The molecular weight excluding hydrogens is 322 g/mol. The number of nitrogens with zero attached hydrogens (tertiary/aromatic N) is 2. The number of amides is 1. The molecule has 24 heavy (non-hydrogen) atoms. The molecule has 1 amide bonds. The molecule has 1 N–H and O–H groups in total. The Morgan fingerprint density at radius 3 is 2.67 bits per heavy atom. The lowest BCUT2D eigenvalue weighted by molar-refractivity contribution is -0.121. The minimum Gasteiger partial charge on any atom is -0.370 e. The van der Waals surface area contributed by atoms with Crippen LogP contribution in [0.25, 0.3) is 0 Å². The van der Waals surface area contributed by atoms with Crippen LogP contribution in [0.1, 0.15) is 24.8 Å². The molecule has 5 heteroatoms. The van der Waals surface area contributed by atoms with Gasteiger partial charge in [0.05, 0.1) is 10.7 Å². The second-order valence-electron chi connectivity index (χ2n) is 6.14. The van der Waals surface area contributed by atoms with Gasteiger partial charge in [-0.05, 0) is 30.9 Å². The molecular formula is C19H22ClN3O. The zero-order chi connectivity index (χ0) is 16.8. The monoisotopic (exact) mass is 343 g/mol. The zero-order valence-electron chi connectivity index (χ0n) is 13.6. The van der Waals surface area contributed by atoms with Gasteiger partial charge in [0.25, 0.3) is 0 Å². The number of benzene rings is 1. The van der Waals surface area contributed by atoms with Crippen molar-refractivity contribution in [3.8, 4) is 0 Å². The van der Waals surface area contributed by atoms with Crippen LogP contribution in [0.3, 0.4) is 0 Å². The molecule has 3 rings (SSSR count). The van der Waals surface area contributed by atoms with Crippen LogP contribution in [0.5, 0.6) is 0 Å². The molecule has 1 aromatic carbocycles. The first kappa shape index (κ1) is 16.8. The number of halogens is 1. The molecule has 0 atom stereocenters. The van der Waals surface area contributed by atoms with Crippen molar-refractivity contribution in [3.63, 3.8) is 0 Å². The van der Waals surface area contributed by atoms with Crippen molar-refractivity contribution in [3.05, 3.63) is 59.4 Å². The number of hydrogen-bond donors (Lipinski definition) is 1. The van der Waals surface area contributed by atoms with Crippen LogP contribution < -0.4 is 10.2 Å². The highest BCUT2D eigenvalue weighted by Crippen LogP contribution is 2.26. The van der Waals surface area contributed by atoms with Gasteiger partial charge >= 0.3 is 0 Å². The minimum atomic E-state index is 0.138. The van der Waals surface area contributed by atoms with Crippen molar-refractivity contribution in [1.82, 2.24) is 10.3 Å². The van der Waals surface area contributed by atoms with Gasteiger partial charge in [-0.3, -0.25) is 9.78 Å². The quantitative estimate of drug-likeness (QED) is 0.904. The van der Waals surface area contributed by atoms with Crippen molar-refractivity contribution >= 4 is 23.2 Å². The standard InChI is InChI=1S/C19H22ClN3O/c20-17-14-21-11-8-18(17)23-12-9-16(10-13-23)22-19(24)7-6-15-4-2-1-3-5-15/h1-5,8,11,14,16H,6-7,9-10,12-13H2,(H,22,24). The number of carbonyl (C=O) groups is 1. The number of piperidine rings is 1. The summed E-state index contributed by atoms with van der Waals surface area (Å²) in [5, 5.41) is 3.85. The normalized spacial score (nSPS) is 15.3. The lowest BCUT2D eigenvalue weighted by atomic mass is 10.0. The second kappa shape index (κ2) is 8.15. The van der Waals surface area contributed by atoms with E-state index in [-0.39, 0.29) is 11.9 Å². The Bertz CT molecular complexity index is 669. The Morgan fingerprint density at radius 2 is 1.96 bits per heavy atom. The Kier molecular flexibility index (Phi) is 5.70. The number of carbonyl (C=O) groups excluding carboxylic acids is 1. The molecule has 0 unspecified atom stereocenters. The van der Waals surface area contributed by atoms with E-state index in [0.717, 1.165) is 38.0 Å². The van der Waals surface area contributed by atoms with Gasteiger partial charge in [-0.15, -0.1) is 0 Å². The molecule has 1 saturated heterocycles. The Balaban J connectivity index is 1.44. The second-order valence-corrected chi connectivity index (χ2v) is 6.55. The topological polar surface area (TPSA) is 45.2 Å². The fraction of sp³-hybridized carbons (Fsp3) is 0.368. The molecule has 0 saturated carbocycles. The fourth-order valence-electron chi connectivity index (χ4n) is 3.09. The number of rotatable bonds is 5. The number of nitrogens with one attached hydrogen (secondary N) is 1. The minimum absolute atomic E-state index is 0.138. The summed E-state index contributed by atoms with van der Waals surface area (Å²) in [6, 6.07) is 12.3. The van der Waals surface area contributed by atoms with E-state index in [4.69, 9.17) is 11.6 Å². The highest BCUT2D eigenvalue weighted by atomic mass is 35.5. The third-order valence-electron chi connectivity index (χ3n) is 4.44. The molecule has 2 heterocycles. The first-order valence-electron chi connectivity index (χ1n) is 8.40. The van der Waals surface area contributed by atoms with E-state index in [1.54, 1.807) is 12.4 Å². The molecule has 0 radical (unpaired) electrons. The van der Waals surface area contributed by atoms with Crippen molar-refractivity contribution in [2.75, 3.05) is 18.0 Å². The summed E-state index contributed by atoms with van der Waals surface area (Å²) < 4.78 is 0. The fourth-order valence-corrected chi connectivity index (χ4v) is 3.33. The maximum atomic E-state index is 12.1. The van der Waals surface area contributed by atoms with Crippen molar-refractivity contribution in [2.45, 2.75) is 31.7 Å². The first-order valence-corrected chi connectivity index (χ1v) is 8.78. The van der Waals surface area contributed by atoms with E-state index in [1.165, 1.54) is 5.56 Å². The Morgan fingerprint density at radius 1 is 1.21 bits per heavy atom. The summed E-state index contributed by atoms with van der Waals surface area (Å²) in [5.74, 6) is 0.138. The van der Waals surface area contributed by atoms with Gasteiger partial charge in [-0.2, -0.15) is 0 Å². The number of pyridine rings is 1.